The molecular weight excluding hydrogens is 1800 g/mol. The molecule has 0 atom stereocenters. The van der Waals surface area contributed by atoms with E-state index in [0.29, 0.717) is 0 Å². The fraction of sp³-hybridized carbons (Fsp3) is 0.0205. The van der Waals surface area contributed by atoms with E-state index in [9.17, 15) is 0 Å². The van der Waals surface area contributed by atoms with E-state index in [0.717, 1.165) is 50.3 Å². The van der Waals surface area contributed by atoms with E-state index >= 15 is 0 Å². The van der Waals surface area contributed by atoms with Gasteiger partial charge in [-0.25, -0.2) is 15.0 Å². The van der Waals surface area contributed by atoms with Crippen LogP contribution < -0.4 is 0 Å². The van der Waals surface area contributed by atoms with Crippen LogP contribution in [0.25, 0.3) is 232 Å². The second-order valence-electron chi connectivity index (χ2n) is 40.7. The smallest absolute Gasteiger partial charge is 0.0788 e. The first-order valence-electron chi connectivity index (χ1n) is 51.8. The summed E-state index contributed by atoms with van der Waals surface area (Å²) in [6, 6.07) is 199. The molecule has 0 N–H and O–H groups in total. The van der Waals surface area contributed by atoms with Gasteiger partial charge < -0.3 is 0 Å². The van der Waals surface area contributed by atoms with Crippen LogP contribution in [-0.4, -0.2) is 15.0 Å². The van der Waals surface area contributed by atoms with Crippen LogP contribution >= 0.6 is 0 Å². The first-order valence-corrected chi connectivity index (χ1v) is 51.8. The molecule has 149 heavy (non-hydrogen) atoms. The van der Waals surface area contributed by atoms with Crippen molar-refractivity contribution in [3.05, 3.63) is 607 Å². The maximum absolute atomic E-state index is 5.40. The standard InChI is InChI=1S/C50H31N.2C48H29N/c1-2-12-32(13-3-1)33-22-24-34(25-23-33)35-26-28-36(29-27-35)49-43-31-47-42(30-41(43)40-17-7-11-21-48(40)51-49)39-16-6-10-20-46(39)50(47)44-18-8-4-14-37(44)38-15-5-9-19-45(38)50;1-2-14-33-30(12-1)13-11-19-34(33)31-24-26-32(27-25-31)47-41-29-45-40(28-39(41)38-18-6-10-23-46(38)49-47)37-17-5-9-22-44(37)48(45)42-20-7-3-15-35(42)36-16-4-8-21-43(36)48;1-2-12-33-27-34(26-23-30(33)11-1)31-21-24-32(25-22-31)47-41-29-45-40(28-39(41)38-16-6-10-20-46(38)49-47)37-15-5-9-19-44(37)48(45)42-17-7-3-13-35(42)36-14-4-8-18-43(36)48/h1-31H;2*1-29H. The number of benzene rings is 24. The van der Waals surface area contributed by atoms with E-state index in [-0.39, 0.29) is 0 Å². The zero-order valence-electron chi connectivity index (χ0n) is 81.2. The highest BCUT2D eigenvalue weighted by Gasteiger charge is 2.55. The molecule has 27 aromatic rings. The van der Waals surface area contributed by atoms with Crippen LogP contribution in [0.5, 0.6) is 0 Å². The SMILES string of the molecule is c1ccc(-c2ccc(-c3ccc(-c4nc5ccccc5c5cc6c(cc45)C4(c5ccccc5-c5ccccc54)c4ccccc4-6)cc3)cc2)cc1.c1ccc2c(c1)-c1ccccc1C21c2ccccc2-c2cc3c(cc21)c(-c1ccc(-c2ccc4ccccc4c2)cc1)nc1ccccc13.c1ccc2c(c1)-c1ccccc1C21c2ccccc2-c2cc3c(cc21)c(-c1ccc(-c2cccc4ccccc24)cc1)nc1ccccc13. The van der Waals surface area contributed by atoms with Crippen molar-refractivity contribution in [2.75, 3.05) is 0 Å². The summed E-state index contributed by atoms with van der Waals surface area (Å²) in [6.45, 7) is 0. The third kappa shape index (κ3) is 12.3. The van der Waals surface area contributed by atoms with Crippen molar-refractivity contribution in [2.45, 2.75) is 16.2 Å². The molecule has 3 nitrogen and oxygen atoms in total. The molecule has 0 fully saturated rings. The van der Waals surface area contributed by atoms with Crippen LogP contribution in [0.15, 0.2) is 540 Å². The lowest BCUT2D eigenvalue weighted by Crippen LogP contribution is -2.25. The molecule has 3 spiro atoms. The summed E-state index contributed by atoms with van der Waals surface area (Å²) in [6.07, 6.45) is 0. The Bertz CT molecular complexity index is 10200. The zero-order valence-corrected chi connectivity index (χ0v) is 81.2. The normalized spacial score (nSPS) is 13.4. The second-order valence-corrected chi connectivity index (χ2v) is 40.7. The van der Waals surface area contributed by atoms with Crippen LogP contribution in [0.1, 0.15) is 66.8 Å². The maximum atomic E-state index is 5.40. The third-order valence-corrected chi connectivity index (χ3v) is 33.4. The van der Waals surface area contributed by atoms with Gasteiger partial charge in [0.2, 0.25) is 0 Å². The first-order chi connectivity index (χ1) is 73.9. The Morgan fingerprint density at radius 3 is 0.671 bits per heavy atom. The van der Waals surface area contributed by atoms with E-state index in [1.165, 1.54) is 248 Å². The van der Waals surface area contributed by atoms with Crippen LogP contribution in [0, 0.1) is 0 Å². The highest BCUT2D eigenvalue weighted by Crippen LogP contribution is 2.68. The van der Waals surface area contributed by atoms with Gasteiger partial charge in [-0.1, -0.05) is 479 Å². The van der Waals surface area contributed by atoms with E-state index < -0.39 is 16.2 Å². The monoisotopic (exact) mass is 1880 g/mol. The minimum atomic E-state index is -0.397. The molecule has 0 bridgehead atoms. The van der Waals surface area contributed by atoms with Gasteiger partial charge in [0.1, 0.15) is 0 Å². The molecule has 0 amide bonds. The van der Waals surface area contributed by atoms with Gasteiger partial charge in [-0.05, 0) is 276 Å². The first kappa shape index (κ1) is 84.3. The van der Waals surface area contributed by atoms with Crippen molar-refractivity contribution in [3.63, 3.8) is 0 Å². The van der Waals surface area contributed by atoms with Gasteiger partial charge in [-0.2, -0.15) is 0 Å². The van der Waals surface area contributed by atoms with Crippen LogP contribution in [0.2, 0.25) is 0 Å². The van der Waals surface area contributed by atoms with Gasteiger partial charge in [0, 0.05) is 49.0 Å². The van der Waals surface area contributed by atoms with Crippen molar-refractivity contribution in [3.8, 4) is 145 Å². The summed E-state index contributed by atoms with van der Waals surface area (Å²) in [4.78, 5) is 16.2. The van der Waals surface area contributed by atoms with Gasteiger partial charge >= 0.3 is 0 Å². The largest absolute Gasteiger partial charge is 0.247 e. The van der Waals surface area contributed by atoms with Crippen molar-refractivity contribution < 1.29 is 0 Å². The quantitative estimate of drug-likeness (QED) is 0.149. The van der Waals surface area contributed by atoms with Crippen molar-refractivity contribution >= 4 is 86.6 Å². The van der Waals surface area contributed by atoms with Crippen LogP contribution in [0.3, 0.4) is 0 Å². The molecule has 0 saturated heterocycles. The number of hydrogen-bond donors (Lipinski definition) is 0. The lowest BCUT2D eigenvalue weighted by atomic mass is 9.70. The molecule has 0 saturated carbocycles. The number of para-hydroxylation sites is 3. The highest BCUT2D eigenvalue weighted by atomic mass is 14.7. The summed E-state index contributed by atoms with van der Waals surface area (Å²) in [5.74, 6) is 0. The number of aromatic nitrogens is 3. The Hall–Kier alpha value is -19.2. The zero-order chi connectivity index (χ0) is 97.7. The average Bonchev–Trinajstić information content (AvgIpc) is 1.51. The van der Waals surface area contributed by atoms with Crippen LogP contribution in [0.4, 0.5) is 0 Å². The maximum Gasteiger partial charge on any atom is 0.0788 e. The van der Waals surface area contributed by atoms with Gasteiger partial charge in [-0.3, -0.25) is 0 Å². The fourth-order valence-corrected chi connectivity index (χ4v) is 27.1. The number of hydrogen-bond acceptors (Lipinski definition) is 3. The number of rotatable bonds is 7. The van der Waals surface area contributed by atoms with Crippen molar-refractivity contribution in [2.24, 2.45) is 0 Å². The predicted molar refractivity (Wildman–Crippen MR) is 620 cm³/mol. The summed E-state index contributed by atoms with van der Waals surface area (Å²) < 4.78 is 0. The van der Waals surface area contributed by atoms with Gasteiger partial charge in [0.15, 0.2) is 0 Å². The number of pyridine rings is 3. The summed E-state index contributed by atoms with van der Waals surface area (Å²) in [5.41, 5.74) is 50.0. The topological polar surface area (TPSA) is 38.7 Å². The van der Waals surface area contributed by atoms with Gasteiger partial charge in [0.25, 0.3) is 0 Å². The third-order valence-electron chi connectivity index (χ3n) is 33.4. The molecule has 6 aliphatic carbocycles. The van der Waals surface area contributed by atoms with Gasteiger partial charge in [-0.15, -0.1) is 0 Å². The van der Waals surface area contributed by atoms with E-state index in [2.05, 4.69) is 540 Å². The van der Waals surface area contributed by atoms with E-state index in [1.807, 2.05) is 0 Å². The predicted octanol–water partition coefficient (Wildman–Crippen LogP) is 37.2. The molecule has 6 aliphatic rings. The summed E-state index contributed by atoms with van der Waals surface area (Å²) in [7, 11) is 0. The molecule has 24 aromatic carbocycles. The van der Waals surface area contributed by atoms with Gasteiger partial charge in [0.05, 0.1) is 49.9 Å². The lowest BCUT2D eigenvalue weighted by Gasteiger charge is -2.30. The Kier molecular flexibility index (Phi) is 18.6. The Balaban J connectivity index is 0.000000101. The Morgan fingerprint density at radius 1 is 0.107 bits per heavy atom. The molecule has 3 aromatic heterocycles. The summed E-state index contributed by atoms with van der Waals surface area (Å²) >= 11 is 0. The molecule has 688 valence electrons. The van der Waals surface area contributed by atoms with E-state index in [1.54, 1.807) is 0 Å². The molecular formula is C146H89N3. The number of fused-ring (bicyclic) bond motifs is 41. The molecule has 0 radical (unpaired) electrons. The molecule has 33 rings (SSSR count). The van der Waals surface area contributed by atoms with E-state index in [4.69, 9.17) is 15.0 Å². The lowest BCUT2D eigenvalue weighted by molar-refractivity contribution is 0.795. The Labute approximate surface area is 863 Å². The Morgan fingerprint density at radius 2 is 0.336 bits per heavy atom. The highest BCUT2D eigenvalue weighted by molar-refractivity contribution is 6.18. The molecule has 3 heteroatoms. The number of nitrogens with zero attached hydrogens (tertiary/aromatic N) is 3. The summed E-state index contributed by atoms with van der Waals surface area (Å²) in [5, 5.41) is 15.9. The minimum absolute atomic E-state index is 0.393. The molecule has 3 heterocycles. The van der Waals surface area contributed by atoms with Crippen LogP contribution in [-0.2, 0) is 16.2 Å². The van der Waals surface area contributed by atoms with Crippen molar-refractivity contribution in [1.82, 2.24) is 15.0 Å². The fourth-order valence-electron chi connectivity index (χ4n) is 27.1. The molecule has 0 aliphatic heterocycles. The van der Waals surface area contributed by atoms with Crippen molar-refractivity contribution in [1.29, 1.82) is 0 Å². The minimum Gasteiger partial charge on any atom is -0.247 e. The molecule has 0 unspecified atom stereocenters. The average molecular weight is 1890 g/mol. The second kappa shape index (κ2) is 32.9.